The molecule has 0 heterocycles. The number of carbonyl (C=O) groups is 1. The van der Waals surface area contributed by atoms with Crippen LogP contribution in [0.25, 0.3) is 0 Å². The first-order valence-corrected chi connectivity index (χ1v) is 7.58. The number of nitrogens with one attached hydrogen (secondary N) is 1. The highest BCUT2D eigenvalue weighted by Gasteiger charge is 2.18. The Balaban J connectivity index is 2.58. The SMILES string of the molecule is CCC(Cc1ccccc1Br)C(=O)NCC(C)CN. The van der Waals surface area contributed by atoms with Gasteiger partial charge in [-0.25, -0.2) is 0 Å². The lowest BCUT2D eigenvalue weighted by molar-refractivity contribution is -0.125. The van der Waals surface area contributed by atoms with Crippen molar-refractivity contribution in [3.63, 3.8) is 0 Å². The van der Waals surface area contributed by atoms with Crippen LogP contribution in [-0.4, -0.2) is 19.0 Å². The molecular formula is C15H23BrN2O. The molecule has 0 aliphatic rings. The maximum Gasteiger partial charge on any atom is 0.223 e. The third-order valence-corrected chi connectivity index (χ3v) is 4.09. The van der Waals surface area contributed by atoms with Gasteiger partial charge in [-0.15, -0.1) is 0 Å². The minimum absolute atomic E-state index is 0.0173. The van der Waals surface area contributed by atoms with Crippen LogP contribution in [-0.2, 0) is 11.2 Å². The molecule has 1 aromatic carbocycles. The molecule has 0 aliphatic carbocycles. The largest absolute Gasteiger partial charge is 0.356 e. The Morgan fingerprint density at radius 3 is 2.68 bits per heavy atom. The normalized spacial score (nSPS) is 13.9. The molecule has 3 N–H and O–H groups in total. The number of halogens is 1. The topological polar surface area (TPSA) is 55.1 Å². The van der Waals surface area contributed by atoms with Gasteiger partial charge in [0.1, 0.15) is 0 Å². The van der Waals surface area contributed by atoms with E-state index in [2.05, 4.69) is 27.3 Å². The first-order chi connectivity index (χ1) is 9.08. The summed E-state index contributed by atoms with van der Waals surface area (Å²) in [6.45, 7) is 5.34. The van der Waals surface area contributed by atoms with Gasteiger partial charge in [-0.05, 0) is 36.9 Å². The van der Waals surface area contributed by atoms with E-state index in [9.17, 15) is 4.79 Å². The van der Waals surface area contributed by atoms with E-state index in [1.807, 2.05) is 32.0 Å². The molecule has 2 atom stereocenters. The first-order valence-electron chi connectivity index (χ1n) is 6.79. The average molecular weight is 327 g/mol. The number of hydrogen-bond acceptors (Lipinski definition) is 2. The summed E-state index contributed by atoms with van der Waals surface area (Å²) in [5.74, 6) is 0.465. The van der Waals surface area contributed by atoms with Crippen molar-refractivity contribution in [2.75, 3.05) is 13.1 Å². The first kappa shape index (κ1) is 16.2. The van der Waals surface area contributed by atoms with Crippen LogP contribution in [0.2, 0.25) is 0 Å². The molecule has 0 radical (unpaired) electrons. The fraction of sp³-hybridized carbons (Fsp3) is 0.533. The second-order valence-corrected chi connectivity index (χ2v) is 5.84. The van der Waals surface area contributed by atoms with Crippen LogP contribution in [0.3, 0.4) is 0 Å². The third-order valence-electron chi connectivity index (χ3n) is 3.31. The van der Waals surface area contributed by atoms with E-state index in [1.54, 1.807) is 0 Å². The third kappa shape index (κ3) is 5.33. The van der Waals surface area contributed by atoms with Gasteiger partial charge in [0.15, 0.2) is 0 Å². The number of benzene rings is 1. The zero-order valence-electron chi connectivity index (χ0n) is 11.7. The van der Waals surface area contributed by atoms with Crippen molar-refractivity contribution in [2.24, 2.45) is 17.6 Å². The Bertz CT molecular complexity index is 409. The van der Waals surface area contributed by atoms with Crippen LogP contribution in [0.5, 0.6) is 0 Å². The lowest BCUT2D eigenvalue weighted by atomic mass is 9.96. The smallest absolute Gasteiger partial charge is 0.223 e. The number of hydrogen-bond donors (Lipinski definition) is 2. The molecule has 0 saturated heterocycles. The highest BCUT2D eigenvalue weighted by molar-refractivity contribution is 9.10. The Labute approximate surface area is 124 Å². The molecule has 2 unspecified atom stereocenters. The van der Waals surface area contributed by atoms with Crippen LogP contribution < -0.4 is 11.1 Å². The van der Waals surface area contributed by atoms with Gasteiger partial charge in [0.25, 0.3) is 0 Å². The molecule has 106 valence electrons. The lowest BCUT2D eigenvalue weighted by Crippen LogP contribution is -2.36. The van der Waals surface area contributed by atoms with Crippen molar-refractivity contribution >= 4 is 21.8 Å². The Hall–Kier alpha value is -0.870. The molecule has 3 nitrogen and oxygen atoms in total. The summed E-state index contributed by atoms with van der Waals surface area (Å²) < 4.78 is 1.07. The van der Waals surface area contributed by atoms with Crippen molar-refractivity contribution in [1.82, 2.24) is 5.32 Å². The van der Waals surface area contributed by atoms with Gasteiger partial charge in [-0.3, -0.25) is 4.79 Å². The van der Waals surface area contributed by atoms with Crippen molar-refractivity contribution in [3.05, 3.63) is 34.3 Å². The molecule has 0 bridgehead atoms. The molecular weight excluding hydrogens is 304 g/mol. The summed E-state index contributed by atoms with van der Waals surface area (Å²) in [5.41, 5.74) is 6.73. The number of nitrogens with two attached hydrogens (primary N) is 1. The van der Waals surface area contributed by atoms with Gasteiger partial charge in [0.2, 0.25) is 5.91 Å². The molecule has 1 rings (SSSR count). The standard InChI is InChI=1S/C15H23BrN2O/c1-3-12(15(19)18-10-11(2)9-17)8-13-6-4-5-7-14(13)16/h4-7,11-12H,3,8-10,17H2,1-2H3,(H,18,19). The fourth-order valence-electron chi connectivity index (χ4n) is 1.85. The molecule has 0 saturated carbocycles. The molecule has 1 amide bonds. The van der Waals surface area contributed by atoms with Crippen LogP contribution in [0.15, 0.2) is 28.7 Å². The van der Waals surface area contributed by atoms with Crippen LogP contribution in [0.1, 0.15) is 25.8 Å². The second-order valence-electron chi connectivity index (χ2n) is 4.99. The molecule has 1 aromatic rings. The molecule has 19 heavy (non-hydrogen) atoms. The minimum atomic E-state index is 0.0173. The van der Waals surface area contributed by atoms with Gasteiger partial charge in [0.05, 0.1) is 0 Å². The van der Waals surface area contributed by atoms with Gasteiger partial charge < -0.3 is 11.1 Å². The van der Waals surface area contributed by atoms with E-state index in [0.717, 1.165) is 17.3 Å². The molecule has 0 aromatic heterocycles. The molecule has 4 heteroatoms. The summed E-state index contributed by atoms with van der Waals surface area (Å²) in [6.07, 6.45) is 1.60. The predicted octanol–water partition coefficient (Wildman–Crippen LogP) is 2.73. The number of carbonyl (C=O) groups excluding carboxylic acids is 1. The summed E-state index contributed by atoms with van der Waals surface area (Å²) in [4.78, 5) is 12.1. The summed E-state index contributed by atoms with van der Waals surface area (Å²) in [5, 5.41) is 2.99. The summed E-state index contributed by atoms with van der Waals surface area (Å²) in [7, 11) is 0. The highest BCUT2D eigenvalue weighted by Crippen LogP contribution is 2.21. The van der Waals surface area contributed by atoms with Crippen molar-refractivity contribution < 1.29 is 4.79 Å². The van der Waals surface area contributed by atoms with Crippen molar-refractivity contribution in [3.8, 4) is 0 Å². The van der Waals surface area contributed by atoms with E-state index in [-0.39, 0.29) is 11.8 Å². The van der Waals surface area contributed by atoms with Crippen LogP contribution >= 0.6 is 15.9 Å². The summed E-state index contributed by atoms with van der Waals surface area (Å²) >= 11 is 3.53. The number of amides is 1. The highest BCUT2D eigenvalue weighted by atomic mass is 79.9. The fourth-order valence-corrected chi connectivity index (χ4v) is 2.30. The van der Waals surface area contributed by atoms with Gasteiger partial charge in [-0.2, -0.15) is 0 Å². The maximum atomic E-state index is 12.1. The van der Waals surface area contributed by atoms with E-state index in [4.69, 9.17) is 5.73 Å². The van der Waals surface area contributed by atoms with Crippen molar-refractivity contribution in [2.45, 2.75) is 26.7 Å². The molecule has 0 spiro atoms. The maximum absolute atomic E-state index is 12.1. The quantitative estimate of drug-likeness (QED) is 0.809. The lowest BCUT2D eigenvalue weighted by Gasteiger charge is -2.17. The zero-order chi connectivity index (χ0) is 14.3. The van der Waals surface area contributed by atoms with E-state index in [0.29, 0.717) is 19.0 Å². The minimum Gasteiger partial charge on any atom is -0.356 e. The molecule has 0 fully saturated rings. The Morgan fingerprint density at radius 2 is 2.11 bits per heavy atom. The summed E-state index contributed by atoms with van der Waals surface area (Å²) in [6, 6.07) is 8.05. The van der Waals surface area contributed by atoms with E-state index >= 15 is 0 Å². The van der Waals surface area contributed by atoms with E-state index in [1.165, 1.54) is 5.56 Å². The van der Waals surface area contributed by atoms with Gasteiger partial charge in [0, 0.05) is 16.9 Å². The van der Waals surface area contributed by atoms with Crippen LogP contribution in [0, 0.1) is 11.8 Å². The zero-order valence-corrected chi connectivity index (χ0v) is 13.2. The van der Waals surface area contributed by atoms with E-state index < -0.39 is 0 Å². The van der Waals surface area contributed by atoms with Gasteiger partial charge >= 0.3 is 0 Å². The second kappa shape index (κ2) is 8.33. The number of rotatable bonds is 7. The van der Waals surface area contributed by atoms with Crippen LogP contribution in [0.4, 0.5) is 0 Å². The Kier molecular flexibility index (Phi) is 7.10. The average Bonchev–Trinajstić information content (AvgIpc) is 2.43. The van der Waals surface area contributed by atoms with Crippen molar-refractivity contribution in [1.29, 1.82) is 0 Å². The van der Waals surface area contributed by atoms with Gasteiger partial charge in [-0.1, -0.05) is 48.0 Å². The monoisotopic (exact) mass is 326 g/mol. The Morgan fingerprint density at radius 1 is 1.42 bits per heavy atom. The molecule has 0 aliphatic heterocycles. The predicted molar refractivity (Wildman–Crippen MR) is 82.9 cm³/mol.